The van der Waals surface area contributed by atoms with Crippen LogP contribution in [0.4, 0.5) is 5.69 Å². The number of carbonyl (C=O) groups excluding carboxylic acids is 1. The maximum atomic E-state index is 13.4. The molecule has 0 saturated carbocycles. The number of rotatable bonds is 9. The van der Waals surface area contributed by atoms with Crippen molar-refractivity contribution < 1.29 is 17.9 Å². The van der Waals surface area contributed by atoms with Crippen molar-refractivity contribution in [3.8, 4) is 11.5 Å². The summed E-state index contributed by atoms with van der Waals surface area (Å²) in [4.78, 5) is 13.4. The minimum absolute atomic E-state index is 0.372. The first-order valence-corrected chi connectivity index (χ1v) is 13.4. The molecule has 36 heavy (non-hydrogen) atoms. The number of nitrogens with zero attached hydrogens (tertiary/aromatic N) is 1. The van der Waals surface area contributed by atoms with Crippen LogP contribution in [-0.2, 0) is 14.8 Å². The number of ether oxygens (including phenoxy) is 1. The van der Waals surface area contributed by atoms with Gasteiger partial charge in [-0.15, -0.1) is 0 Å². The number of anilines is 1. The minimum Gasteiger partial charge on any atom is -0.457 e. The van der Waals surface area contributed by atoms with E-state index in [1.807, 2.05) is 91.0 Å². The monoisotopic (exact) mass is 500 g/mol. The Morgan fingerprint density at radius 2 is 1.17 bits per heavy atom. The first-order chi connectivity index (χ1) is 17.3. The number of carbonyl (C=O) groups is 1. The molecular weight excluding hydrogens is 472 g/mol. The van der Waals surface area contributed by atoms with Gasteiger partial charge in [-0.3, -0.25) is 9.10 Å². The van der Waals surface area contributed by atoms with Gasteiger partial charge in [0.1, 0.15) is 17.5 Å². The van der Waals surface area contributed by atoms with Crippen molar-refractivity contribution in [2.75, 3.05) is 10.6 Å². The zero-order valence-electron chi connectivity index (χ0n) is 20.1. The van der Waals surface area contributed by atoms with Crippen LogP contribution in [0.2, 0.25) is 0 Å². The molecule has 184 valence electrons. The molecule has 0 bridgehead atoms. The second-order valence-corrected chi connectivity index (χ2v) is 10.3. The Bertz CT molecular complexity index is 1340. The van der Waals surface area contributed by atoms with Crippen molar-refractivity contribution >= 4 is 21.6 Å². The van der Waals surface area contributed by atoms with E-state index in [0.717, 1.165) is 21.7 Å². The van der Waals surface area contributed by atoms with Gasteiger partial charge in [-0.05, 0) is 54.4 Å². The molecule has 7 heteroatoms. The summed E-state index contributed by atoms with van der Waals surface area (Å²) in [7, 11) is -3.77. The van der Waals surface area contributed by atoms with Crippen molar-refractivity contribution in [3.05, 3.63) is 126 Å². The lowest BCUT2D eigenvalue weighted by atomic mass is 9.98. The average molecular weight is 501 g/mol. The molecule has 1 atom stereocenters. The summed E-state index contributed by atoms with van der Waals surface area (Å²) in [5, 5.41) is 3.05. The van der Waals surface area contributed by atoms with Crippen LogP contribution in [0.3, 0.4) is 0 Å². The van der Waals surface area contributed by atoms with Crippen LogP contribution in [0.25, 0.3) is 0 Å². The van der Waals surface area contributed by atoms with Crippen LogP contribution in [-0.4, -0.2) is 26.6 Å². The van der Waals surface area contributed by atoms with Crippen LogP contribution in [0.1, 0.15) is 24.1 Å². The van der Waals surface area contributed by atoms with E-state index in [-0.39, 0.29) is 0 Å². The molecule has 0 aliphatic carbocycles. The summed E-state index contributed by atoms with van der Waals surface area (Å²) in [6.45, 7) is 1.58. The lowest BCUT2D eigenvalue weighted by molar-refractivity contribution is -0.122. The van der Waals surface area contributed by atoms with Gasteiger partial charge < -0.3 is 10.1 Å². The SMILES string of the molecule is C[C@H](C(=O)NC(c1ccccc1)c1ccccc1)N(c1ccc(Oc2ccccc2)cc1)S(C)(=O)=O. The van der Waals surface area contributed by atoms with Crippen molar-refractivity contribution in [1.29, 1.82) is 0 Å². The maximum absolute atomic E-state index is 13.4. The molecule has 1 amide bonds. The molecule has 0 unspecified atom stereocenters. The lowest BCUT2D eigenvalue weighted by Crippen LogP contribution is -2.48. The van der Waals surface area contributed by atoms with Crippen molar-refractivity contribution in [2.24, 2.45) is 0 Å². The second-order valence-electron chi connectivity index (χ2n) is 8.41. The summed E-state index contributed by atoms with van der Waals surface area (Å²) in [6, 6.07) is 33.7. The summed E-state index contributed by atoms with van der Waals surface area (Å²) >= 11 is 0. The van der Waals surface area contributed by atoms with Crippen molar-refractivity contribution in [3.63, 3.8) is 0 Å². The van der Waals surface area contributed by atoms with E-state index in [9.17, 15) is 13.2 Å². The molecular formula is C29H28N2O4S. The topological polar surface area (TPSA) is 75.7 Å². The number of nitrogens with one attached hydrogen (secondary N) is 1. The third-order valence-corrected chi connectivity index (χ3v) is 6.95. The summed E-state index contributed by atoms with van der Waals surface area (Å²) in [5.41, 5.74) is 2.17. The lowest BCUT2D eigenvalue weighted by Gasteiger charge is -2.30. The predicted octanol–water partition coefficient (Wildman–Crippen LogP) is 5.54. The van der Waals surface area contributed by atoms with Crippen molar-refractivity contribution in [2.45, 2.75) is 19.0 Å². The quantitative estimate of drug-likeness (QED) is 0.327. The molecule has 0 saturated heterocycles. The molecule has 6 nitrogen and oxygen atoms in total. The number of hydrogen-bond donors (Lipinski definition) is 1. The first kappa shape index (κ1) is 25.0. The van der Waals surface area contributed by atoms with Gasteiger partial charge in [-0.25, -0.2) is 8.42 Å². The van der Waals surface area contributed by atoms with E-state index >= 15 is 0 Å². The van der Waals surface area contributed by atoms with E-state index in [2.05, 4.69) is 5.32 Å². The highest BCUT2D eigenvalue weighted by Gasteiger charge is 2.31. The minimum atomic E-state index is -3.77. The molecule has 0 aliphatic rings. The Balaban J connectivity index is 1.58. The van der Waals surface area contributed by atoms with E-state index in [0.29, 0.717) is 17.2 Å². The van der Waals surface area contributed by atoms with Gasteiger partial charge in [0.25, 0.3) is 0 Å². The fourth-order valence-corrected chi connectivity index (χ4v) is 5.18. The van der Waals surface area contributed by atoms with Crippen LogP contribution in [0.5, 0.6) is 11.5 Å². The Morgan fingerprint density at radius 1 is 0.722 bits per heavy atom. The molecule has 0 spiro atoms. The molecule has 4 aromatic rings. The van der Waals surface area contributed by atoms with Gasteiger partial charge in [-0.1, -0.05) is 78.9 Å². The average Bonchev–Trinajstić information content (AvgIpc) is 2.89. The standard InChI is InChI=1S/C29H28N2O4S/c1-22(29(32)30-28(23-12-6-3-7-13-23)24-14-8-4-9-15-24)31(36(2,33)34)25-18-20-27(21-19-25)35-26-16-10-5-11-17-26/h3-22,28H,1-2H3,(H,30,32)/t22-/m1/s1. The van der Waals surface area contributed by atoms with Gasteiger partial charge in [0.05, 0.1) is 18.0 Å². The number of benzene rings is 4. The molecule has 1 N–H and O–H groups in total. The van der Waals surface area contributed by atoms with Gasteiger partial charge in [0.2, 0.25) is 15.9 Å². The highest BCUT2D eigenvalue weighted by molar-refractivity contribution is 7.92. The zero-order chi connectivity index (χ0) is 25.5. The van der Waals surface area contributed by atoms with Crippen LogP contribution in [0, 0.1) is 0 Å². The van der Waals surface area contributed by atoms with Crippen LogP contribution < -0.4 is 14.4 Å². The van der Waals surface area contributed by atoms with Gasteiger partial charge >= 0.3 is 0 Å². The van der Waals surface area contributed by atoms with E-state index < -0.39 is 28.0 Å². The summed E-state index contributed by atoms with van der Waals surface area (Å²) in [5.74, 6) is 0.817. The van der Waals surface area contributed by atoms with Gasteiger partial charge in [0.15, 0.2) is 0 Å². The molecule has 0 fully saturated rings. The molecule has 0 radical (unpaired) electrons. The highest BCUT2D eigenvalue weighted by Crippen LogP contribution is 2.28. The molecule has 0 aliphatic heterocycles. The maximum Gasteiger partial charge on any atom is 0.244 e. The Labute approximate surface area is 212 Å². The first-order valence-electron chi connectivity index (χ1n) is 11.6. The number of hydrogen-bond acceptors (Lipinski definition) is 4. The molecule has 0 aromatic heterocycles. The van der Waals surface area contributed by atoms with E-state index in [4.69, 9.17) is 4.74 Å². The van der Waals surface area contributed by atoms with Gasteiger partial charge in [-0.2, -0.15) is 0 Å². The largest absolute Gasteiger partial charge is 0.457 e. The predicted molar refractivity (Wildman–Crippen MR) is 143 cm³/mol. The fourth-order valence-electron chi connectivity index (χ4n) is 4.01. The molecule has 0 heterocycles. The summed E-state index contributed by atoms with van der Waals surface area (Å²) in [6.07, 6.45) is 1.09. The van der Waals surface area contributed by atoms with E-state index in [1.54, 1.807) is 31.2 Å². The number of para-hydroxylation sites is 1. The molecule has 4 aromatic carbocycles. The normalized spacial score (nSPS) is 12.1. The van der Waals surface area contributed by atoms with E-state index in [1.165, 1.54) is 0 Å². The smallest absolute Gasteiger partial charge is 0.244 e. The molecule has 4 rings (SSSR count). The fraction of sp³-hybridized carbons (Fsp3) is 0.138. The third-order valence-electron chi connectivity index (χ3n) is 5.71. The highest BCUT2D eigenvalue weighted by atomic mass is 32.2. The third kappa shape index (κ3) is 6.12. The number of amides is 1. The second kappa shape index (κ2) is 11.1. The Kier molecular flexibility index (Phi) is 7.71. The summed E-state index contributed by atoms with van der Waals surface area (Å²) < 4.78 is 32.5. The zero-order valence-corrected chi connectivity index (χ0v) is 20.9. The Hall–Kier alpha value is -4.10. The van der Waals surface area contributed by atoms with Crippen LogP contribution in [0.15, 0.2) is 115 Å². The number of sulfonamides is 1. The Morgan fingerprint density at radius 3 is 1.64 bits per heavy atom. The van der Waals surface area contributed by atoms with Crippen molar-refractivity contribution in [1.82, 2.24) is 5.32 Å². The van der Waals surface area contributed by atoms with Gasteiger partial charge in [0, 0.05) is 0 Å². The van der Waals surface area contributed by atoms with Crippen LogP contribution >= 0.6 is 0 Å².